The molecule has 0 atom stereocenters. The molecule has 2 heterocycles. The molecule has 30 heavy (non-hydrogen) atoms. The topological polar surface area (TPSA) is 88.4 Å². The number of nitrogens with one attached hydrogen (secondary N) is 1. The van der Waals surface area contributed by atoms with Crippen LogP contribution in [-0.4, -0.2) is 69.3 Å². The van der Waals surface area contributed by atoms with Crippen LogP contribution in [0.15, 0.2) is 48.5 Å². The van der Waals surface area contributed by atoms with E-state index in [0.29, 0.717) is 19.6 Å². The van der Waals surface area contributed by atoms with Crippen molar-refractivity contribution in [2.45, 2.75) is 13.5 Å². The first-order chi connectivity index (χ1) is 14.6. The number of amides is 2. The van der Waals surface area contributed by atoms with Gasteiger partial charge in [-0.3, -0.25) is 4.90 Å². The number of benzene rings is 2. The maximum Gasteiger partial charge on any atom is 0.321 e. The van der Waals surface area contributed by atoms with E-state index < -0.39 is 0 Å². The molecule has 0 radical (unpaired) electrons. The number of methoxy groups -OCH3 is 1. The highest BCUT2D eigenvalue weighted by Crippen LogP contribution is 2.16. The molecule has 2 amide bonds. The van der Waals surface area contributed by atoms with E-state index in [2.05, 4.69) is 32.7 Å². The van der Waals surface area contributed by atoms with Crippen molar-refractivity contribution in [1.29, 1.82) is 0 Å². The molecule has 0 saturated carbocycles. The van der Waals surface area contributed by atoms with Gasteiger partial charge < -0.3 is 15.0 Å². The van der Waals surface area contributed by atoms with Crippen molar-refractivity contribution in [3.63, 3.8) is 0 Å². The van der Waals surface area contributed by atoms with Crippen LogP contribution in [0.25, 0.3) is 5.69 Å². The van der Waals surface area contributed by atoms with E-state index in [1.807, 2.05) is 53.4 Å². The maximum atomic E-state index is 12.5. The van der Waals surface area contributed by atoms with Crippen LogP contribution in [0.2, 0.25) is 0 Å². The summed E-state index contributed by atoms with van der Waals surface area (Å²) in [5, 5.41) is 15.1. The summed E-state index contributed by atoms with van der Waals surface area (Å²) >= 11 is 0. The van der Waals surface area contributed by atoms with Gasteiger partial charge in [-0.25, -0.2) is 4.79 Å². The third-order valence-electron chi connectivity index (χ3n) is 5.18. The van der Waals surface area contributed by atoms with Crippen molar-refractivity contribution in [1.82, 2.24) is 30.0 Å². The van der Waals surface area contributed by atoms with E-state index in [9.17, 15) is 4.79 Å². The molecule has 0 unspecified atom stereocenters. The standard InChI is InChI=1S/C21H25N7O2/c1-16-3-7-18(8-4-16)28-20(23-24-25-28)15-26-11-13-27(14-12-26)21(29)22-17-5-9-19(30-2)10-6-17/h3-10H,11-15H2,1-2H3,(H,22,29). The van der Waals surface area contributed by atoms with Crippen molar-refractivity contribution < 1.29 is 9.53 Å². The Bertz CT molecular complexity index is 977. The number of hydrogen-bond donors (Lipinski definition) is 1. The van der Waals surface area contributed by atoms with Gasteiger partial charge in [-0.2, -0.15) is 4.68 Å². The highest BCUT2D eigenvalue weighted by Gasteiger charge is 2.23. The van der Waals surface area contributed by atoms with E-state index in [1.54, 1.807) is 11.8 Å². The second-order valence-corrected chi connectivity index (χ2v) is 7.26. The number of piperazine rings is 1. The Hall–Kier alpha value is -3.46. The smallest absolute Gasteiger partial charge is 0.321 e. The summed E-state index contributed by atoms with van der Waals surface area (Å²) in [6.45, 7) is 5.50. The Kier molecular flexibility index (Phi) is 5.89. The van der Waals surface area contributed by atoms with Crippen LogP contribution in [-0.2, 0) is 6.54 Å². The van der Waals surface area contributed by atoms with Crippen LogP contribution in [0.5, 0.6) is 5.75 Å². The molecule has 1 N–H and O–H groups in total. The largest absolute Gasteiger partial charge is 0.497 e. The minimum Gasteiger partial charge on any atom is -0.497 e. The predicted molar refractivity (Wildman–Crippen MR) is 113 cm³/mol. The summed E-state index contributed by atoms with van der Waals surface area (Å²) in [6, 6.07) is 15.3. The lowest BCUT2D eigenvalue weighted by Crippen LogP contribution is -2.49. The lowest BCUT2D eigenvalue weighted by atomic mass is 10.2. The monoisotopic (exact) mass is 407 g/mol. The molecule has 3 aromatic rings. The van der Waals surface area contributed by atoms with Crippen molar-refractivity contribution in [3.8, 4) is 11.4 Å². The highest BCUT2D eigenvalue weighted by molar-refractivity contribution is 5.89. The molecule has 0 bridgehead atoms. The summed E-state index contributed by atoms with van der Waals surface area (Å²) in [6.07, 6.45) is 0. The highest BCUT2D eigenvalue weighted by atomic mass is 16.5. The second kappa shape index (κ2) is 8.91. The normalized spacial score (nSPS) is 14.5. The van der Waals surface area contributed by atoms with Crippen LogP contribution in [0.1, 0.15) is 11.4 Å². The molecular weight excluding hydrogens is 382 g/mol. The van der Waals surface area contributed by atoms with E-state index in [-0.39, 0.29) is 6.03 Å². The fourth-order valence-electron chi connectivity index (χ4n) is 3.38. The average Bonchev–Trinajstić information content (AvgIpc) is 3.23. The molecular formula is C21H25N7O2. The molecule has 1 aromatic heterocycles. The van der Waals surface area contributed by atoms with E-state index in [4.69, 9.17) is 4.74 Å². The zero-order chi connectivity index (χ0) is 20.9. The Morgan fingerprint density at radius 2 is 1.73 bits per heavy atom. The average molecular weight is 407 g/mol. The fraction of sp³-hybridized carbons (Fsp3) is 0.333. The molecule has 9 nitrogen and oxygen atoms in total. The summed E-state index contributed by atoms with van der Waals surface area (Å²) < 4.78 is 6.91. The Labute approximate surface area is 175 Å². The summed E-state index contributed by atoms with van der Waals surface area (Å²) in [5.41, 5.74) is 2.89. The van der Waals surface area contributed by atoms with Crippen molar-refractivity contribution in [2.75, 3.05) is 38.6 Å². The number of aromatic nitrogens is 4. The number of rotatable bonds is 5. The van der Waals surface area contributed by atoms with Crippen LogP contribution < -0.4 is 10.1 Å². The Morgan fingerprint density at radius 3 is 2.40 bits per heavy atom. The SMILES string of the molecule is COc1ccc(NC(=O)N2CCN(Cc3nnnn3-c3ccc(C)cc3)CC2)cc1. The van der Waals surface area contributed by atoms with Gasteiger partial charge in [0.15, 0.2) is 5.82 Å². The van der Waals surface area contributed by atoms with Crippen LogP contribution in [0.3, 0.4) is 0 Å². The Balaban J connectivity index is 1.31. The molecule has 156 valence electrons. The molecule has 1 fully saturated rings. The summed E-state index contributed by atoms with van der Waals surface area (Å²) in [7, 11) is 1.62. The van der Waals surface area contributed by atoms with E-state index >= 15 is 0 Å². The van der Waals surface area contributed by atoms with Crippen molar-refractivity contribution >= 4 is 11.7 Å². The molecule has 0 spiro atoms. The number of ether oxygens (including phenoxy) is 1. The van der Waals surface area contributed by atoms with Gasteiger partial charge in [-0.05, 0) is 53.7 Å². The van der Waals surface area contributed by atoms with E-state index in [1.165, 1.54) is 5.56 Å². The molecule has 1 aliphatic rings. The third kappa shape index (κ3) is 4.57. The van der Waals surface area contributed by atoms with Gasteiger partial charge >= 0.3 is 6.03 Å². The summed E-state index contributed by atoms with van der Waals surface area (Å²) in [4.78, 5) is 16.6. The Morgan fingerprint density at radius 1 is 1.03 bits per heavy atom. The first-order valence-electron chi connectivity index (χ1n) is 9.89. The maximum absolute atomic E-state index is 12.5. The number of carbonyl (C=O) groups excluding carboxylic acids is 1. The number of urea groups is 1. The van der Waals surface area contributed by atoms with Gasteiger partial charge in [0.2, 0.25) is 0 Å². The molecule has 1 saturated heterocycles. The predicted octanol–water partition coefficient (Wildman–Crippen LogP) is 2.33. The molecule has 9 heteroatoms. The number of nitrogens with zero attached hydrogens (tertiary/aromatic N) is 6. The second-order valence-electron chi connectivity index (χ2n) is 7.26. The van der Waals surface area contributed by atoms with Gasteiger partial charge in [0.25, 0.3) is 0 Å². The van der Waals surface area contributed by atoms with Crippen LogP contribution >= 0.6 is 0 Å². The molecule has 0 aliphatic carbocycles. The van der Waals surface area contributed by atoms with Gasteiger partial charge in [0, 0.05) is 31.9 Å². The first-order valence-corrected chi connectivity index (χ1v) is 9.89. The first kappa shape index (κ1) is 19.8. The minimum absolute atomic E-state index is 0.0932. The zero-order valence-electron chi connectivity index (χ0n) is 17.2. The fourth-order valence-corrected chi connectivity index (χ4v) is 3.38. The number of hydrogen-bond acceptors (Lipinski definition) is 6. The van der Waals surface area contributed by atoms with Gasteiger partial charge in [-0.15, -0.1) is 5.10 Å². The van der Waals surface area contributed by atoms with Crippen molar-refractivity contribution in [3.05, 3.63) is 59.9 Å². The zero-order valence-corrected chi connectivity index (χ0v) is 17.2. The number of anilines is 1. The number of tetrazole rings is 1. The molecule has 4 rings (SSSR count). The minimum atomic E-state index is -0.0932. The van der Waals surface area contributed by atoms with Gasteiger partial charge in [0.05, 0.1) is 19.3 Å². The lowest BCUT2D eigenvalue weighted by Gasteiger charge is -2.34. The number of aryl methyl sites for hydroxylation is 1. The van der Waals surface area contributed by atoms with E-state index in [0.717, 1.165) is 36.0 Å². The van der Waals surface area contributed by atoms with Crippen molar-refractivity contribution in [2.24, 2.45) is 0 Å². The van der Waals surface area contributed by atoms with Gasteiger partial charge in [-0.1, -0.05) is 17.7 Å². The molecule has 2 aromatic carbocycles. The number of carbonyl (C=O) groups is 1. The van der Waals surface area contributed by atoms with Gasteiger partial charge in [0.1, 0.15) is 5.75 Å². The lowest BCUT2D eigenvalue weighted by molar-refractivity contribution is 0.140. The van der Waals surface area contributed by atoms with Crippen LogP contribution in [0.4, 0.5) is 10.5 Å². The van der Waals surface area contributed by atoms with Crippen LogP contribution in [0, 0.1) is 6.92 Å². The quantitative estimate of drug-likeness (QED) is 0.698. The molecule has 1 aliphatic heterocycles. The summed E-state index contributed by atoms with van der Waals surface area (Å²) in [5.74, 6) is 1.55. The third-order valence-corrected chi connectivity index (χ3v) is 5.18.